The highest BCUT2D eigenvalue weighted by molar-refractivity contribution is 6.69. The lowest BCUT2D eigenvalue weighted by Gasteiger charge is -2.39. The molecule has 0 bridgehead atoms. The lowest BCUT2D eigenvalue weighted by atomic mass is 9.77. The van der Waals surface area contributed by atoms with Crippen molar-refractivity contribution in [3.05, 3.63) is 35.9 Å². The summed E-state index contributed by atoms with van der Waals surface area (Å²) in [5.41, 5.74) is -1.26. The number of carbonyl (C=O) groups excluding carboxylic acids is 2. The molecule has 0 radical (unpaired) electrons. The summed E-state index contributed by atoms with van der Waals surface area (Å²) in [6, 6.07) is 9.43. The molecule has 24 heavy (non-hydrogen) atoms. The molecule has 0 saturated heterocycles. The van der Waals surface area contributed by atoms with E-state index < -0.39 is 31.4 Å². The van der Waals surface area contributed by atoms with Crippen molar-refractivity contribution < 1.29 is 18.8 Å². The molecular weight excluding hydrogens is 320 g/mol. The molecule has 0 amide bonds. The Morgan fingerprint density at radius 3 is 1.88 bits per heavy atom. The van der Waals surface area contributed by atoms with Gasteiger partial charge in [0.2, 0.25) is 0 Å². The summed E-state index contributed by atoms with van der Waals surface area (Å²) in [7, 11) is -2.02. The molecule has 4 nitrogen and oxygen atoms in total. The molecule has 0 aliphatic carbocycles. The summed E-state index contributed by atoms with van der Waals surface area (Å²) in [6.45, 7) is 14.6. The first-order valence-electron chi connectivity index (χ1n) is 8.24. The number of ether oxygens (including phenoxy) is 1. The SMILES string of the molecule is CC(=O)C(C)(C(=O)OC(C)(C)C)C(O[Si](C)(C)C)c1ccccc1. The largest absolute Gasteiger partial charge is 0.459 e. The van der Waals surface area contributed by atoms with E-state index in [0.29, 0.717) is 0 Å². The molecule has 0 saturated carbocycles. The molecule has 0 aliphatic rings. The number of ketones is 1. The van der Waals surface area contributed by atoms with Gasteiger partial charge in [0.1, 0.15) is 11.4 Å². The molecule has 5 heteroatoms. The molecule has 0 spiro atoms. The van der Waals surface area contributed by atoms with Crippen molar-refractivity contribution in [2.75, 3.05) is 0 Å². The average Bonchev–Trinajstić information content (AvgIpc) is 2.41. The van der Waals surface area contributed by atoms with Gasteiger partial charge in [-0.3, -0.25) is 9.59 Å². The minimum absolute atomic E-state index is 0.260. The minimum atomic E-state index is -2.02. The van der Waals surface area contributed by atoms with Crippen LogP contribution in [0.25, 0.3) is 0 Å². The van der Waals surface area contributed by atoms with Crippen LogP contribution < -0.4 is 0 Å². The second-order valence-corrected chi connectivity index (χ2v) is 12.7. The molecule has 0 N–H and O–H groups in total. The molecule has 2 atom stereocenters. The third-order valence-electron chi connectivity index (χ3n) is 3.65. The Morgan fingerprint density at radius 1 is 1.00 bits per heavy atom. The van der Waals surface area contributed by atoms with E-state index in [1.54, 1.807) is 27.7 Å². The third kappa shape index (κ3) is 5.28. The maximum absolute atomic E-state index is 12.9. The second kappa shape index (κ2) is 7.19. The van der Waals surface area contributed by atoms with E-state index in [9.17, 15) is 9.59 Å². The summed E-state index contributed by atoms with van der Waals surface area (Å²) in [6.07, 6.45) is -0.669. The van der Waals surface area contributed by atoms with E-state index in [1.807, 2.05) is 50.0 Å². The normalized spacial score (nSPS) is 16.2. The standard InChI is InChI=1S/C19H30O4Si/c1-14(20)19(5,17(21)22-18(2,3)4)16(23-24(6,7)8)15-12-10-9-11-13-15/h9-13,16H,1-8H3. The molecule has 2 unspecified atom stereocenters. The zero-order chi connectivity index (χ0) is 18.8. The van der Waals surface area contributed by atoms with Crippen LogP contribution in [0.5, 0.6) is 0 Å². The van der Waals surface area contributed by atoms with Gasteiger partial charge in [-0.15, -0.1) is 0 Å². The predicted octanol–water partition coefficient (Wildman–Crippen LogP) is 4.52. The van der Waals surface area contributed by atoms with Crippen molar-refractivity contribution >= 4 is 20.1 Å². The first kappa shape index (κ1) is 20.6. The highest BCUT2D eigenvalue weighted by Crippen LogP contribution is 2.41. The first-order chi connectivity index (χ1) is 10.8. The van der Waals surface area contributed by atoms with Gasteiger partial charge in [0.15, 0.2) is 13.7 Å². The Bertz CT molecular complexity index is 584. The van der Waals surface area contributed by atoms with Crippen molar-refractivity contribution in [1.82, 2.24) is 0 Å². The lowest BCUT2D eigenvalue weighted by Crippen LogP contribution is -2.48. The molecule has 0 fully saturated rings. The van der Waals surface area contributed by atoms with Crippen LogP contribution >= 0.6 is 0 Å². The van der Waals surface area contributed by atoms with E-state index in [1.165, 1.54) is 6.92 Å². The van der Waals surface area contributed by atoms with Crippen molar-refractivity contribution in [3.63, 3.8) is 0 Å². The number of hydrogen-bond acceptors (Lipinski definition) is 4. The fourth-order valence-electron chi connectivity index (χ4n) is 2.32. The van der Waals surface area contributed by atoms with Crippen LogP contribution in [-0.4, -0.2) is 25.7 Å². The van der Waals surface area contributed by atoms with Crippen LogP contribution in [0.3, 0.4) is 0 Å². The summed E-state index contributed by atoms with van der Waals surface area (Å²) in [4.78, 5) is 25.4. The molecule has 0 aliphatic heterocycles. The Balaban J connectivity index is 3.42. The van der Waals surface area contributed by atoms with Gasteiger partial charge in [-0.2, -0.15) is 0 Å². The van der Waals surface area contributed by atoms with Crippen molar-refractivity contribution in [3.8, 4) is 0 Å². The van der Waals surface area contributed by atoms with Gasteiger partial charge in [0.25, 0.3) is 0 Å². The summed E-state index contributed by atoms with van der Waals surface area (Å²) < 4.78 is 11.9. The molecule has 1 aromatic carbocycles. The Labute approximate surface area is 146 Å². The molecule has 1 aromatic rings. The summed E-state index contributed by atoms with van der Waals surface area (Å²) in [5.74, 6) is -0.807. The number of carbonyl (C=O) groups is 2. The van der Waals surface area contributed by atoms with Gasteiger partial charge in [-0.1, -0.05) is 30.3 Å². The summed E-state index contributed by atoms with van der Waals surface area (Å²) in [5, 5.41) is 0. The van der Waals surface area contributed by atoms with Gasteiger partial charge in [0, 0.05) is 0 Å². The molecule has 0 heterocycles. The number of Topliss-reactive ketones (excluding diaryl/α,β-unsaturated/α-hetero) is 1. The zero-order valence-electron chi connectivity index (χ0n) is 16.1. The second-order valence-electron chi connectivity index (χ2n) is 8.28. The van der Waals surface area contributed by atoms with Gasteiger partial charge in [0.05, 0.1) is 6.10 Å². The molecule has 0 aromatic heterocycles. The van der Waals surface area contributed by atoms with Crippen LogP contribution in [0.15, 0.2) is 30.3 Å². The van der Waals surface area contributed by atoms with Crippen LogP contribution in [0, 0.1) is 5.41 Å². The minimum Gasteiger partial charge on any atom is -0.459 e. The van der Waals surface area contributed by atoms with Gasteiger partial charge in [-0.25, -0.2) is 0 Å². The van der Waals surface area contributed by atoms with Crippen LogP contribution in [0.2, 0.25) is 19.6 Å². The molecule has 134 valence electrons. The predicted molar refractivity (Wildman–Crippen MR) is 98.2 cm³/mol. The fraction of sp³-hybridized carbons (Fsp3) is 0.579. The van der Waals surface area contributed by atoms with E-state index in [4.69, 9.17) is 9.16 Å². The zero-order valence-corrected chi connectivity index (χ0v) is 17.1. The number of esters is 1. The fourth-order valence-corrected chi connectivity index (χ4v) is 3.40. The van der Waals surface area contributed by atoms with Gasteiger partial charge < -0.3 is 9.16 Å². The first-order valence-corrected chi connectivity index (χ1v) is 11.7. The highest BCUT2D eigenvalue weighted by Gasteiger charge is 2.50. The van der Waals surface area contributed by atoms with Crippen LogP contribution in [0.1, 0.15) is 46.3 Å². The van der Waals surface area contributed by atoms with Crippen molar-refractivity contribution in [2.24, 2.45) is 5.41 Å². The maximum atomic E-state index is 12.9. The van der Waals surface area contributed by atoms with Crippen LogP contribution in [-0.2, 0) is 18.8 Å². The van der Waals surface area contributed by atoms with Crippen molar-refractivity contribution in [2.45, 2.75) is 66.0 Å². The maximum Gasteiger partial charge on any atom is 0.322 e. The lowest BCUT2D eigenvalue weighted by molar-refractivity contribution is -0.175. The quantitative estimate of drug-likeness (QED) is 0.430. The Morgan fingerprint density at radius 2 is 1.50 bits per heavy atom. The molecule has 1 rings (SSSR count). The van der Waals surface area contributed by atoms with E-state index in [-0.39, 0.29) is 5.78 Å². The smallest absolute Gasteiger partial charge is 0.322 e. The third-order valence-corrected chi connectivity index (χ3v) is 4.60. The Hall–Kier alpha value is -1.46. The van der Waals surface area contributed by atoms with E-state index in [0.717, 1.165) is 5.56 Å². The number of benzene rings is 1. The average molecular weight is 351 g/mol. The van der Waals surface area contributed by atoms with Crippen molar-refractivity contribution in [1.29, 1.82) is 0 Å². The Kier molecular flexibility index (Phi) is 6.17. The van der Waals surface area contributed by atoms with Crippen LogP contribution in [0.4, 0.5) is 0 Å². The summed E-state index contributed by atoms with van der Waals surface area (Å²) >= 11 is 0. The van der Waals surface area contributed by atoms with Gasteiger partial charge >= 0.3 is 5.97 Å². The monoisotopic (exact) mass is 350 g/mol. The number of rotatable bonds is 6. The number of hydrogen-bond donors (Lipinski definition) is 0. The molecular formula is C19H30O4Si. The van der Waals surface area contributed by atoms with E-state index >= 15 is 0 Å². The topological polar surface area (TPSA) is 52.6 Å². The van der Waals surface area contributed by atoms with E-state index in [2.05, 4.69) is 0 Å². The van der Waals surface area contributed by atoms with Gasteiger partial charge in [-0.05, 0) is 59.8 Å². The highest BCUT2D eigenvalue weighted by atomic mass is 28.4.